The average molecular weight is 250 g/mol. The molecular weight excluding hydrogens is 224 g/mol. The van der Waals surface area contributed by atoms with Crippen LogP contribution in [-0.2, 0) is 15.2 Å². The van der Waals surface area contributed by atoms with Gasteiger partial charge in [0.25, 0.3) is 0 Å². The van der Waals surface area contributed by atoms with Gasteiger partial charge in [-0.1, -0.05) is 20.8 Å². The van der Waals surface area contributed by atoms with E-state index in [1.807, 2.05) is 0 Å². The van der Waals surface area contributed by atoms with Crippen molar-refractivity contribution in [2.24, 2.45) is 0 Å². The predicted octanol–water partition coefficient (Wildman–Crippen LogP) is 3.17. The normalized spacial score (nSPS) is 15.3. The van der Waals surface area contributed by atoms with Gasteiger partial charge in [0.1, 0.15) is 0 Å². The second kappa shape index (κ2) is 6.16. The Morgan fingerprint density at radius 3 is 2.13 bits per heavy atom. The molecule has 0 N–H and O–H groups in total. The fourth-order valence-corrected chi connectivity index (χ4v) is 2.65. The van der Waals surface area contributed by atoms with Gasteiger partial charge < -0.3 is 4.43 Å². The summed E-state index contributed by atoms with van der Waals surface area (Å²) in [5.74, 6) is 0.806. The van der Waals surface area contributed by atoms with E-state index in [2.05, 4.69) is 33.9 Å². The van der Waals surface area contributed by atoms with E-state index < -0.39 is 19.1 Å². The van der Waals surface area contributed by atoms with Crippen LogP contribution in [-0.4, -0.2) is 31.1 Å². The molecule has 0 unspecified atom stereocenters. The monoisotopic (exact) mass is 250 g/mol. The van der Waals surface area contributed by atoms with E-state index in [1.165, 1.54) is 0 Å². The molecule has 0 aliphatic carbocycles. The summed E-state index contributed by atoms with van der Waals surface area (Å²) in [6.45, 7) is 12.1. The van der Waals surface area contributed by atoms with Crippen molar-refractivity contribution in [1.82, 2.24) is 0 Å². The summed E-state index contributed by atoms with van der Waals surface area (Å²) in [6, 6.07) is 0. The predicted molar refractivity (Wildman–Crippen MR) is 71.3 cm³/mol. The van der Waals surface area contributed by atoms with Gasteiger partial charge in [-0.2, -0.15) is 0 Å². The fraction of sp³-hybridized carbons (Fsp3) is 1.00. The molecule has 92 valence electrons. The first kappa shape index (κ1) is 15.3. The van der Waals surface area contributed by atoms with Gasteiger partial charge in [-0.15, -0.1) is 0 Å². The maximum Gasteiger partial charge on any atom is 0.191 e. The molecule has 0 saturated carbocycles. The molecule has 4 heteroatoms. The van der Waals surface area contributed by atoms with Crippen LogP contribution in [0.3, 0.4) is 0 Å². The third-order valence-corrected chi connectivity index (χ3v) is 8.50. The van der Waals surface area contributed by atoms with Crippen LogP contribution in [0.4, 0.5) is 0 Å². The van der Waals surface area contributed by atoms with Crippen molar-refractivity contribution >= 4 is 19.1 Å². The first-order valence-electron chi connectivity index (χ1n) is 5.61. The van der Waals surface area contributed by atoms with Crippen molar-refractivity contribution in [1.29, 1.82) is 0 Å². The lowest BCUT2D eigenvalue weighted by atomic mass is 10.2. The van der Waals surface area contributed by atoms with Crippen LogP contribution in [0.15, 0.2) is 0 Å². The van der Waals surface area contributed by atoms with Crippen LogP contribution in [0.1, 0.15) is 33.6 Å². The van der Waals surface area contributed by atoms with E-state index in [0.717, 1.165) is 25.2 Å². The summed E-state index contributed by atoms with van der Waals surface area (Å²) in [6.07, 6.45) is 3.80. The molecule has 2 nitrogen and oxygen atoms in total. The highest BCUT2D eigenvalue weighted by Gasteiger charge is 2.36. The molecule has 0 bridgehead atoms. The first-order chi connectivity index (χ1) is 6.67. The van der Waals surface area contributed by atoms with Gasteiger partial charge in [0.2, 0.25) is 0 Å². The van der Waals surface area contributed by atoms with Crippen molar-refractivity contribution in [3.63, 3.8) is 0 Å². The quantitative estimate of drug-likeness (QED) is 0.535. The Kier molecular flexibility index (Phi) is 6.29. The van der Waals surface area contributed by atoms with Gasteiger partial charge in [0.15, 0.2) is 8.32 Å². The van der Waals surface area contributed by atoms with Gasteiger partial charge in [-0.3, -0.25) is 4.21 Å². The van der Waals surface area contributed by atoms with E-state index >= 15 is 0 Å². The molecule has 0 heterocycles. The molecule has 0 aromatic heterocycles. The molecule has 1 atom stereocenters. The van der Waals surface area contributed by atoms with Gasteiger partial charge in [0.05, 0.1) is 0 Å². The molecule has 0 aromatic rings. The number of rotatable bonds is 6. The van der Waals surface area contributed by atoms with E-state index in [1.54, 1.807) is 6.26 Å². The standard InChI is InChI=1S/C11H26O2SSi/c1-11(2,3)15(5,6)13-9-7-8-10-14(4)12/h7-10H2,1-6H3/t14-/m0/s1. The van der Waals surface area contributed by atoms with Gasteiger partial charge in [-0.25, -0.2) is 0 Å². The fourth-order valence-electron chi connectivity index (χ4n) is 0.951. The maximum atomic E-state index is 10.8. The van der Waals surface area contributed by atoms with E-state index in [0.29, 0.717) is 5.04 Å². The van der Waals surface area contributed by atoms with Gasteiger partial charge >= 0.3 is 0 Å². The molecule has 0 aliphatic rings. The average Bonchev–Trinajstić information content (AvgIpc) is 2.00. The van der Waals surface area contributed by atoms with Crippen LogP contribution in [0.5, 0.6) is 0 Å². The molecule has 0 amide bonds. The van der Waals surface area contributed by atoms with E-state index in [4.69, 9.17) is 4.43 Å². The summed E-state index contributed by atoms with van der Waals surface area (Å²) in [4.78, 5) is 0. The summed E-state index contributed by atoms with van der Waals surface area (Å²) < 4.78 is 16.9. The third kappa shape index (κ3) is 6.48. The van der Waals surface area contributed by atoms with Crippen molar-refractivity contribution in [3.8, 4) is 0 Å². The third-order valence-electron chi connectivity index (χ3n) is 3.10. The van der Waals surface area contributed by atoms with Crippen molar-refractivity contribution in [2.75, 3.05) is 18.6 Å². The number of hydrogen-bond donors (Lipinski definition) is 0. The molecule has 0 radical (unpaired) electrons. The number of hydrogen-bond acceptors (Lipinski definition) is 2. The Morgan fingerprint density at radius 1 is 1.20 bits per heavy atom. The lowest BCUT2D eigenvalue weighted by Gasteiger charge is -2.36. The lowest BCUT2D eigenvalue weighted by molar-refractivity contribution is 0.281. The Labute approximate surface area is 98.4 Å². The van der Waals surface area contributed by atoms with Crippen LogP contribution in [0.2, 0.25) is 18.1 Å². The zero-order valence-electron chi connectivity index (χ0n) is 11.1. The van der Waals surface area contributed by atoms with Crippen LogP contribution in [0, 0.1) is 0 Å². The van der Waals surface area contributed by atoms with Crippen molar-refractivity contribution in [3.05, 3.63) is 0 Å². The van der Waals surface area contributed by atoms with Crippen LogP contribution in [0.25, 0.3) is 0 Å². The topological polar surface area (TPSA) is 26.3 Å². The molecule has 0 aliphatic heterocycles. The van der Waals surface area contributed by atoms with Crippen molar-refractivity contribution < 1.29 is 8.63 Å². The summed E-state index contributed by atoms with van der Waals surface area (Å²) in [5.41, 5.74) is 0. The highest BCUT2D eigenvalue weighted by atomic mass is 32.2. The minimum absolute atomic E-state index is 0.292. The molecule has 0 saturated heterocycles. The van der Waals surface area contributed by atoms with Gasteiger partial charge in [0, 0.05) is 29.4 Å². The van der Waals surface area contributed by atoms with Crippen LogP contribution < -0.4 is 0 Å². The Bertz CT molecular complexity index is 209. The molecule has 0 aromatic carbocycles. The summed E-state index contributed by atoms with van der Waals surface area (Å²) in [7, 11) is -2.21. The largest absolute Gasteiger partial charge is 0.417 e. The Balaban J connectivity index is 3.72. The van der Waals surface area contributed by atoms with Crippen LogP contribution >= 0.6 is 0 Å². The smallest absolute Gasteiger partial charge is 0.191 e. The molecule has 0 fully saturated rings. The molecule has 15 heavy (non-hydrogen) atoms. The maximum absolute atomic E-state index is 10.8. The van der Waals surface area contributed by atoms with Crippen molar-refractivity contribution in [2.45, 2.75) is 51.7 Å². The lowest BCUT2D eigenvalue weighted by Crippen LogP contribution is -2.40. The molecule has 0 spiro atoms. The molecule has 0 rings (SSSR count). The highest BCUT2D eigenvalue weighted by Crippen LogP contribution is 2.36. The van der Waals surface area contributed by atoms with Gasteiger partial charge in [-0.05, 0) is 31.0 Å². The second-order valence-electron chi connectivity index (χ2n) is 5.59. The second-order valence-corrected chi connectivity index (χ2v) is 12.0. The van der Waals surface area contributed by atoms with E-state index in [9.17, 15) is 4.21 Å². The highest BCUT2D eigenvalue weighted by molar-refractivity contribution is 7.84. The number of unbranched alkanes of at least 4 members (excludes halogenated alkanes) is 1. The zero-order chi connectivity index (χ0) is 12.1. The summed E-state index contributed by atoms with van der Waals surface area (Å²) >= 11 is 0. The van der Waals surface area contributed by atoms with E-state index in [-0.39, 0.29) is 0 Å². The Hall–Kier alpha value is 0.327. The zero-order valence-corrected chi connectivity index (χ0v) is 12.9. The minimum Gasteiger partial charge on any atom is -0.417 e. The minimum atomic E-state index is -1.56. The summed E-state index contributed by atoms with van der Waals surface area (Å²) in [5, 5.41) is 0.292. The SMILES string of the molecule is C[S@](=O)CCCCO[Si](C)(C)C(C)(C)C. The molecular formula is C11H26O2SSi. The Morgan fingerprint density at radius 2 is 1.73 bits per heavy atom. The first-order valence-corrected chi connectivity index (χ1v) is 10.2.